The van der Waals surface area contributed by atoms with Crippen LogP contribution in [0.1, 0.15) is 0 Å². The van der Waals surface area contributed by atoms with Gasteiger partial charge in [-0.1, -0.05) is 152 Å². The van der Waals surface area contributed by atoms with Crippen molar-refractivity contribution in [3.8, 4) is 39.1 Å². The summed E-state index contributed by atoms with van der Waals surface area (Å²) in [5.74, 6) is 0. The fourth-order valence-electron chi connectivity index (χ4n) is 8.59. The van der Waals surface area contributed by atoms with Crippen LogP contribution in [0.15, 0.2) is 218 Å². The first-order chi connectivity index (χ1) is 28.3. The minimum atomic E-state index is 1.10. The van der Waals surface area contributed by atoms with Gasteiger partial charge >= 0.3 is 0 Å². The van der Waals surface area contributed by atoms with Crippen LogP contribution in [0.4, 0.5) is 17.1 Å². The summed E-state index contributed by atoms with van der Waals surface area (Å²) < 4.78 is 4.99. The Morgan fingerprint density at radius 3 is 1.56 bits per heavy atom. The molecule has 0 unspecified atom stereocenters. The highest BCUT2D eigenvalue weighted by Crippen LogP contribution is 2.47. The van der Waals surface area contributed by atoms with Gasteiger partial charge in [0, 0.05) is 47.9 Å². The molecular weight excluding hydrogens is 709 g/mol. The lowest BCUT2D eigenvalue weighted by Crippen LogP contribution is -2.11. The Hall–Kier alpha value is -7.20. The van der Waals surface area contributed by atoms with Gasteiger partial charge in [-0.2, -0.15) is 0 Å². The number of para-hydroxylation sites is 3. The molecule has 11 rings (SSSR count). The second-order valence-electron chi connectivity index (χ2n) is 14.5. The molecule has 2 nitrogen and oxygen atoms in total. The van der Waals surface area contributed by atoms with Gasteiger partial charge in [-0.15, -0.1) is 11.3 Å². The van der Waals surface area contributed by atoms with Crippen molar-refractivity contribution in [2.24, 2.45) is 0 Å². The smallest absolute Gasteiger partial charge is 0.0554 e. The van der Waals surface area contributed by atoms with Crippen LogP contribution in [0, 0.1) is 0 Å². The van der Waals surface area contributed by atoms with E-state index in [0.717, 1.165) is 22.7 Å². The molecule has 3 heteroatoms. The summed E-state index contributed by atoms with van der Waals surface area (Å²) in [6.07, 6.45) is 0. The fraction of sp³-hybridized carbons (Fsp3) is 0. The summed E-state index contributed by atoms with van der Waals surface area (Å²) >= 11 is 1.86. The second-order valence-corrected chi connectivity index (χ2v) is 15.6. The molecule has 0 N–H and O–H groups in total. The number of hydrogen-bond acceptors (Lipinski definition) is 2. The van der Waals surface area contributed by atoms with Gasteiger partial charge < -0.3 is 9.47 Å². The topological polar surface area (TPSA) is 8.17 Å². The number of nitrogens with zero attached hydrogens (tertiary/aromatic N) is 2. The monoisotopic (exact) mass is 744 g/mol. The number of anilines is 3. The maximum absolute atomic E-state index is 2.46. The molecule has 0 saturated carbocycles. The van der Waals surface area contributed by atoms with Crippen LogP contribution in [0.5, 0.6) is 0 Å². The van der Waals surface area contributed by atoms with E-state index >= 15 is 0 Å². The molecule has 0 aliphatic carbocycles. The zero-order valence-electron chi connectivity index (χ0n) is 31.1. The third-order valence-electron chi connectivity index (χ3n) is 11.2. The first-order valence-corrected chi connectivity index (χ1v) is 20.2. The third-order valence-corrected chi connectivity index (χ3v) is 12.3. The number of aromatic nitrogens is 1. The third kappa shape index (κ3) is 5.71. The highest BCUT2D eigenvalue weighted by atomic mass is 32.1. The molecule has 2 aromatic heterocycles. The van der Waals surface area contributed by atoms with Crippen molar-refractivity contribution in [1.29, 1.82) is 0 Å². The van der Waals surface area contributed by atoms with Gasteiger partial charge in [0.15, 0.2) is 0 Å². The van der Waals surface area contributed by atoms with Crippen LogP contribution in [-0.4, -0.2) is 4.57 Å². The van der Waals surface area contributed by atoms with Crippen LogP contribution in [0.2, 0.25) is 0 Å². The molecule has 0 amide bonds. The predicted octanol–water partition coefficient (Wildman–Crippen LogP) is 15.6. The summed E-state index contributed by atoms with van der Waals surface area (Å²) in [4.78, 5) is 2.46. The van der Waals surface area contributed by atoms with Crippen LogP contribution >= 0.6 is 11.3 Å². The quantitative estimate of drug-likeness (QED) is 0.158. The van der Waals surface area contributed by atoms with Gasteiger partial charge in [-0.25, -0.2) is 0 Å². The first-order valence-electron chi connectivity index (χ1n) is 19.4. The molecule has 0 radical (unpaired) electrons. The Bertz CT molecular complexity index is 3120. The van der Waals surface area contributed by atoms with Crippen molar-refractivity contribution in [1.82, 2.24) is 4.57 Å². The lowest BCUT2D eigenvalue weighted by atomic mass is 9.97. The first kappa shape index (κ1) is 33.2. The number of thiophene rings is 1. The normalized spacial score (nSPS) is 11.5. The Balaban J connectivity index is 1.12. The maximum Gasteiger partial charge on any atom is 0.0554 e. The average molecular weight is 745 g/mol. The van der Waals surface area contributed by atoms with E-state index in [1.165, 1.54) is 75.4 Å². The van der Waals surface area contributed by atoms with Crippen molar-refractivity contribution in [2.75, 3.05) is 4.90 Å². The van der Waals surface area contributed by atoms with Gasteiger partial charge in [0.25, 0.3) is 0 Å². The van der Waals surface area contributed by atoms with E-state index in [1.54, 1.807) is 0 Å². The summed E-state index contributed by atoms with van der Waals surface area (Å²) in [6, 6.07) is 79.4. The zero-order valence-corrected chi connectivity index (χ0v) is 31.9. The average Bonchev–Trinajstić information content (AvgIpc) is 3.84. The molecule has 0 spiro atoms. The van der Waals surface area contributed by atoms with Crippen LogP contribution in [0.3, 0.4) is 0 Å². The van der Waals surface area contributed by atoms with Crippen LogP contribution in [-0.2, 0) is 0 Å². The predicted molar refractivity (Wildman–Crippen MR) is 245 cm³/mol. The number of hydrogen-bond donors (Lipinski definition) is 0. The van der Waals surface area contributed by atoms with E-state index in [9.17, 15) is 0 Å². The second kappa shape index (κ2) is 13.8. The summed E-state index contributed by atoms with van der Waals surface area (Å²) in [7, 11) is 0. The lowest BCUT2D eigenvalue weighted by molar-refractivity contribution is 1.18. The van der Waals surface area contributed by atoms with Gasteiger partial charge in [0.2, 0.25) is 0 Å². The summed E-state index contributed by atoms with van der Waals surface area (Å²) in [5.41, 5.74) is 14.0. The van der Waals surface area contributed by atoms with E-state index in [-0.39, 0.29) is 0 Å². The molecule has 9 aromatic carbocycles. The minimum absolute atomic E-state index is 1.10. The molecule has 0 fully saturated rings. The van der Waals surface area contributed by atoms with E-state index < -0.39 is 0 Å². The fourth-order valence-corrected chi connectivity index (χ4v) is 9.72. The lowest BCUT2D eigenvalue weighted by Gasteiger charge is -2.28. The molecule has 268 valence electrons. The molecule has 57 heavy (non-hydrogen) atoms. The van der Waals surface area contributed by atoms with Crippen LogP contribution < -0.4 is 4.90 Å². The zero-order chi connectivity index (χ0) is 37.7. The van der Waals surface area contributed by atoms with Crippen LogP contribution in [0.25, 0.3) is 81.0 Å². The molecule has 0 atom stereocenters. The number of fused-ring (bicyclic) bond motifs is 6. The Morgan fingerprint density at radius 1 is 0.351 bits per heavy atom. The Morgan fingerprint density at radius 2 is 0.895 bits per heavy atom. The van der Waals surface area contributed by atoms with Crippen molar-refractivity contribution < 1.29 is 0 Å². The molecular formula is C54H36N2S. The molecule has 0 bridgehead atoms. The van der Waals surface area contributed by atoms with Gasteiger partial charge in [-0.3, -0.25) is 0 Å². The van der Waals surface area contributed by atoms with Gasteiger partial charge in [0.1, 0.15) is 0 Å². The van der Waals surface area contributed by atoms with Gasteiger partial charge in [-0.05, 0) is 94.5 Å². The molecule has 0 aliphatic heterocycles. The maximum atomic E-state index is 2.46. The molecule has 2 heterocycles. The van der Waals surface area contributed by atoms with Gasteiger partial charge in [0.05, 0.1) is 22.4 Å². The van der Waals surface area contributed by atoms with Crippen molar-refractivity contribution in [2.45, 2.75) is 0 Å². The highest BCUT2D eigenvalue weighted by Gasteiger charge is 2.21. The molecule has 0 aliphatic rings. The molecule has 0 saturated heterocycles. The van der Waals surface area contributed by atoms with Crippen molar-refractivity contribution in [3.63, 3.8) is 0 Å². The highest BCUT2D eigenvalue weighted by molar-refractivity contribution is 7.26. The number of benzene rings is 9. The summed E-state index contributed by atoms with van der Waals surface area (Å²) in [6.45, 7) is 0. The standard InChI is InChI=1S/C54H36N2S/c1-3-16-37(17-4-1)40-34-41(38-18-5-2-6-19-38)36-43(35-40)55(51-27-15-29-53-54(51)47-23-10-14-28-52(47)57-53)42-32-30-39(31-33-42)44-20-7-11-24-48(44)56-49-25-12-8-21-45(49)46-22-9-13-26-50(46)56/h1-36H. The largest absolute Gasteiger partial charge is 0.310 e. The Kier molecular flexibility index (Phi) is 8.04. The minimum Gasteiger partial charge on any atom is -0.310 e. The van der Waals surface area contributed by atoms with E-state index in [1.807, 2.05) is 11.3 Å². The van der Waals surface area contributed by atoms with E-state index in [0.29, 0.717) is 0 Å². The summed E-state index contributed by atoms with van der Waals surface area (Å²) in [5, 5.41) is 5.07. The SMILES string of the molecule is c1ccc(-c2cc(-c3ccccc3)cc(N(c3ccc(-c4ccccc4-n4c5ccccc5c5ccccc54)cc3)c3cccc4sc5ccccc5c34)c2)cc1. The van der Waals surface area contributed by atoms with E-state index in [4.69, 9.17) is 0 Å². The van der Waals surface area contributed by atoms with Crippen molar-refractivity contribution >= 4 is 70.4 Å². The van der Waals surface area contributed by atoms with E-state index in [2.05, 4.69) is 228 Å². The van der Waals surface area contributed by atoms with Crippen molar-refractivity contribution in [3.05, 3.63) is 218 Å². The Labute approximate surface area is 335 Å². The molecule has 11 aromatic rings. The number of rotatable bonds is 7.